The fourth-order valence-electron chi connectivity index (χ4n) is 3.67. The highest BCUT2D eigenvalue weighted by molar-refractivity contribution is 5.84. The average Bonchev–Trinajstić information content (AvgIpc) is 3.11. The third-order valence-electron chi connectivity index (χ3n) is 5.32. The minimum absolute atomic E-state index is 0.00502. The molecule has 0 aromatic heterocycles. The van der Waals surface area contributed by atoms with Crippen LogP contribution in [0.5, 0.6) is 11.5 Å². The Hall–Kier alpha value is -2.24. The molecule has 0 bridgehead atoms. The summed E-state index contributed by atoms with van der Waals surface area (Å²) in [6.07, 6.45) is 0.931. The van der Waals surface area contributed by atoms with Crippen molar-refractivity contribution in [1.82, 2.24) is 10.2 Å². The number of ether oxygens (including phenoxy) is 2. The van der Waals surface area contributed by atoms with E-state index in [-0.39, 0.29) is 29.6 Å². The molecule has 1 aromatic carbocycles. The second-order valence-electron chi connectivity index (χ2n) is 8.19. The molecule has 0 unspecified atom stereocenters. The van der Waals surface area contributed by atoms with Crippen molar-refractivity contribution in [2.24, 2.45) is 17.8 Å². The van der Waals surface area contributed by atoms with Gasteiger partial charge in [0.25, 0.3) is 0 Å². The Bertz CT molecular complexity index is 687. The number of carbonyl (C=O) groups excluding carboxylic acids is 2. The van der Waals surface area contributed by atoms with Crippen LogP contribution in [0.3, 0.4) is 0 Å². The second-order valence-corrected chi connectivity index (χ2v) is 8.19. The molecule has 0 aliphatic carbocycles. The monoisotopic (exact) mass is 390 g/mol. The molecule has 1 aromatic rings. The van der Waals surface area contributed by atoms with Crippen LogP contribution >= 0.6 is 0 Å². The van der Waals surface area contributed by atoms with Gasteiger partial charge in [-0.1, -0.05) is 27.7 Å². The summed E-state index contributed by atoms with van der Waals surface area (Å²) in [5.74, 6) is 1.47. The predicted octanol–water partition coefficient (Wildman–Crippen LogP) is 3.06. The van der Waals surface area contributed by atoms with Gasteiger partial charge in [0.15, 0.2) is 0 Å². The van der Waals surface area contributed by atoms with Crippen molar-refractivity contribution in [3.05, 3.63) is 23.8 Å². The summed E-state index contributed by atoms with van der Waals surface area (Å²) >= 11 is 0. The first-order valence-corrected chi connectivity index (χ1v) is 10.1. The Morgan fingerprint density at radius 1 is 1.14 bits per heavy atom. The maximum atomic E-state index is 13.0. The molecule has 1 aliphatic heterocycles. The fraction of sp³-hybridized carbons (Fsp3) is 0.636. The first kappa shape index (κ1) is 22.1. The Labute approximate surface area is 168 Å². The van der Waals surface area contributed by atoms with Crippen LogP contribution in [-0.2, 0) is 9.59 Å². The van der Waals surface area contributed by atoms with E-state index in [2.05, 4.69) is 19.2 Å². The molecule has 1 saturated heterocycles. The summed E-state index contributed by atoms with van der Waals surface area (Å²) in [6.45, 7) is 9.62. The maximum absolute atomic E-state index is 13.0. The molecule has 1 N–H and O–H groups in total. The number of carbonyl (C=O) groups is 2. The quantitative estimate of drug-likeness (QED) is 0.741. The number of nitrogens with one attached hydrogen (secondary N) is 1. The van der Waals surface area contributed by atoms with Gasteiger partial charge in [-0.3, -0.25) is 9.59 Å². The number of hydrogen-bond donors (Lipinski definition) is 1. The summed E-state index contributed by atoms with van der Waals surface area (Å²) in [5, 5.41) is 3.06. The molecule has 0 spiro atoms. The van der Waals surface area contributed by atoms with Crippen LogP contribution in [0.1, 0.15) is 45.6 Å². The molecule has 1 aliphatic rings. The van der Waals surface area contributed by atoms with Crippen LogP contribution in [0.4, 0.5) is 0 Å². The van der Waals surface area contributed by atoms with E-state index in [4.69, 9.17) is 9.47 Å². The van der Waals surface area contributed by atoms with Crippen LogP contribution in [0.2, 0.25) is 0 Å². The first-order valence-electron chi connectivity index (χ1n) is 10.1. The molecular weight excluding hydrogens is 356 g/mol. The van der Waals surface area contributed by atoms with Crippen molar-refractivity contribution in [3.63, 3.8) is 0 Å². The topological polar surface area (TPSA) is 67.9 Å². The normalized spacial score (nSPS) is 19.2. The van der Waals surface area contributed by atoms with E-state index >= 15 is 0 Å². The van der Waals surface area contributed by atoms with Gasteiger partial charge < -0.3 is 19.7 Å². The Morgan fingerprint density at radius 2 is 1.86 bits per heavy atom. The second kappa shape index (κ2) is 9.80. The summed E-state index contributed by atoms with van der Waals surface area (Å²) in [7, 11) is 3.24. The lowest BCUT2D eigenvalue weighted by molar-refractivity contribution is -0.133. The Kier molecular flexibility index (Phi) is 7.72. The van der Waals surface area contributed by atoms with Gasteiger partial charge in [-0.05, 0) is 30.5 Å². The van der Waals surface area contributed by atoms with Crippen LogP contribution < -0.4 is 14.8 Å². The van der Waals surface area contributed by atoms with Gasteiger partial charge in [0, 0.05) is 37.0 Å². The molecule has 6 heteroatoms. The van der Waals surface area contributed by atoms with Gasteiger partial charge in [0.05, 0.1) is 20.1 Å². The smallest absolute Gasteiger partial charge is 0.225 e. The highest BCUT2D eigenvalue weighted by atomic mass is 16.5. The highest BCUT2D eigenvalue weighted by Crippen LogP contribution is 2.39. The lowest BCUT2D eigenvalue weighted by Crippen LogP contribution is -2.37. The zero-order valence-electron chi connectivity index (χ0n) is 18.0. The number of methoxy groups -OCH3 is 2. The number of likely N-dealkylation sites (tertiary alicyclic amines) is 1. The molecule has 2 amide bonds. The zero-order chi connectivity index (χ0) is 20.8. The predicted molar refractivity (Wildman–Crippen MR) is 110 cm³/mol. The molecule has 2 rings (SSSR count). The van der Waals surface area contributed by atoms with Gasteiger partial charge in [-0.15, -0.1) is 0 Å². The molecule has 28 heavy (non-hydrogen) atoms. The molecular formula is C22H34N2O4. The van der Waals surface area contributed by atoms with Crippen molar-refractivity contribution >= 4 is 11.8 Å². The molecule has 1 fully saturated rings. The van der Waals surface area contributed by atoms with Gasteiger partial charge in [-0.25, -0.2) is 0 Å². The largest absolute Gasteiger partial charge is 0.497 e. The SMILES string of the molecule is COc1ccc(OC)c([C@@H]2CN(C(=O)C(C)C)C[C@H]2C(=O)NCCC(C)C)c1. The van der Waals surface area contributed by atoms with Crippen LogP contribution in [-0.4, -0.2) is 50.6 Å². The van der Waals surface area contributed by atoms with Crippen LogP contribution in [0.15, 0.2) is 18.2 Å². The third-order valence-corrected chi connectivity index (χ3v) is 5.32. The molecule has 6 nitrogen and oxygen atoms in total. The Morgan fingerprint density at radius 3 is 2.43 bits per heavy atom. The number of hydrogen-bond acceptors (Lipinski definition) is 4. The van der Waals surface area contributed by atoms with Crippen molar-refractivity contribution in [2.75, 3.05) is 33.9 Å². The van der Waals surface area contributed by atoms with Crippen LogP contribution in [0.25, 0.3) is 0 Å². The minimum Gasteiger partial charge on any atom is -0.497 e. The number of nitrogens with zero attached hydrogens (tertiary/aromatic N) is 1. The molecule has 2 atom stereocenters. The van der Waals surface area contributed by atoms with Gasteiger partial charge in [0.1, 0.15) is 11.5 Å². The lowest BCUT2D eigenvalue weighted by atomic mass is 9.87. The number of amides is 2. The highest BCUT2D eigenvalue weighted by Gasteiger charge is 2.42. The van der Waals surface area contributed by atoms with E-state index in [0.29, 0.717) is 37.1 Å². The summed E-state index contributed by atoms with van der Waals surface area (Å²) in [5.41, 5.74) is 0.907. The van der Waals surface area contributed by atoms with E-state index in [9.17, 15) is 9.59 Å². The number of benzene rings is 1. The Balaban J connectivity index is 2.31. The van der Waals surface area contributed by atoms with Crippen molar-refractivity contribution in [1.29, 1.82) is 0 Å². The standard InChI is InChI=1S/C22H34N2O4/c1-14(2)9-10-23-21(25)19-13-24(22(26)15(3)4)12-18(19)17-11-16(27-5)7-8-20(17)28-6/h7-8,11,14-15,18-19H,9-10,12-13H2,1-6H3,(H,23,25)/t18-,19+/m0/s1. The summed E-state index contributed by atoms with van der Waals surface area (Å²) in [6, 6.07) is 5.61. The van der Waals surface area contributed by atoms with E-state index in [0.717, 1.165) is 12.0 Å². The third kappa shape index (κ3) is 5.18. The van der Waals surface area contributed by atoms with E-state index < -0.39 is 0 Å². The maximum Gasteiger partial charge on any atom is 0.225 e. The zero-order valence-corrected chi connectivity index (χ0v) is 18.0. The first-order chi connectivity index (χ1) is 13.3. The summed E-state index contributed by atoms with van der Waals surface area (Å²) < 4.78 is 10.9. The minimum atomic E-state index is -0.309. The van der Waals surface area contributed by atoms with Crippen molar-refractivity contribution < 1.29 is 19.1 Å². The molecule has 0 saturated carbocycles. The van der Waals surface area contributed by atoms with Gasteiger partial charge in [0.2, 0.25) is 11.8 Å². The van der Waals surface area contributed by atoms with Crippen molar-refractivity contribution in [3.8, 4) is 11.5 Å². The summed E-state index contributed by atoms with van der Waals surface area (Å²) in [4.78, 5) is 27.4. The van der Waals surface area contributed by atoms with Gasteiger partial charge >= 0.3 is 0 Å². The molecule has 1 heterocycles. The van der Waals surface area contributed by atoms with Gasteiger partial charge in [-0.2, -0.15) is 0 Å². The number of rotatable bonds is 8. The van der Waals surface area contributed by atoms with E-state index in [1.807, 2.05) is 32.0 Å². The molecule has 0 radical (unpaired) electrons. The van der Waals surface area contributed by atoms with E-state index in [1.54, 1.807) is 19.1 Å². The fourth-order valence-corrected chi connectivity index (χ4v) is 3.67. The van der Waals surface area contributed by atoms with Crippen LogP contribution in [0, 0.1) is 17.8 Å². The average molecular weight is 391 g/mol. The van der Waals surface area contributed by atoms with Crippen molar-refractivity contribution in [2.45, 2.75) is 40.0 Å². The molecule has 156 valence electrons. The lowest BCUT2D eigenvalue weighted by Gasteiger charge is -2.21. The van der Waals surface area contributed by atoms with E-state index in [1.165, 1.54) is 0 Å².